The summed E-state index contributed by atoms with van der Waals surface area (Å²) in [6.45, 7) is 7.33. The van der Waals surface area contributed by atoms with Crippen LogP contribution in [0.2, 0.25) is 0 Å². The van der Waals surface area contributed by atoms with Gasteiger partial charge in [0.1, 0.15) is 13.2 Å². The van der Waals surface area contributed by atoms with E-state index in [1.807, 2.05) is 0 Å². The van der Waals surface area contributed by atoms with E-state index in [4.69, 9.17) is 4.74 Å². The summed E-state index contributed by atoms with van der Waals surface area (Å²) in [4.78, 5) is 1.65. The SMILES string of the molecule is C[NH+]1CCO[C@]12CC[C@@H]1[C@@H]3CC[C@H]4C[C@@H](O)CC[C@]4(C)[C@H]3CC[C@@]12C. The third-order valence-electron chi connectivity index (χ3n) is 10.3. The lowest BCUT2D eigenvalue weighted by atomic mass is 9.44. The molecule has 142 valence electrons. The summed E-state index contributed by atoms with van der Waals surface area (Å²) in [6, 6.07) is 0. The third kappa shape index (κ3) is 2.04. The predicted molar refractivity (Wildman–Crippen MR) is 98.2 cm³/mol. The van der Waals surface area contributed by atoms with Gasteiger partial charge in [0.05, 0.1) is 18.6 Å². The summed E-state index contributed by atoms with van der Waals surface area (Å²) in [7, 11) is 2.38. The fourth-order valence-electron chi connectivity index (χ4n) is 8.88. The van der Waals surface area contributed by atoms with Gasteiger partial charge in [0, 0.05) is 6.42 Å². The minimum atomic E-state index is -0.0256. The van der Waals surface area contributed by atoms with E-state index in [-0.39, 0.29) is 11.8 Å². The van der Waals surface area contributed by atoms with Gasteiger partial charge in [-0.1, -0.05) is 13.8 Å². The summed E-state index contributed by atoms with van der Waals surface area (Å²) >= 11 is 0. The summed E-state index contributed by atoms with van der Waals surface area (Å²) in [6.07, 6.45) is 11.5. The summed E-state index contributed by atoms with van der Waals surface area (Å²) < 4.78 is 6.54. The van der Waals surface area contributed by atoms with Crippen molar-refractivity contribution in [1.29, 1.82) is 0 Å². The Morgan fingerprint density at radius 3 is 2.52 bits per heavy atom. The number of nitrogens with one attached hydrogen (secondary N) is 1. The number of rotatable bonds is 0. The van der Waals surface area contributed by atoms with Crippen molar-refractivity contribution in [3.05, 3.63) is 0 Å². The van der Waals surface area contributed by atoms with Crippen LogP contribution in [0.4, 0.5) is 0 Å². The number of likely N-dealkylation sites (N-methyl/N-ethyl adjacent to an activating group) is 1. The van der Waals surface area contributed by atoms with Crippen LogP contribution in [0.5, 0.6) is 0 Å². The Kier molecular flexibility index (Phi) is 3.71. The smallest absolute Gasteiger partial charge is 0.207 e. The van der Waals surface area contributed by atoms with Gasteiger partial charge in [0.25, 0.3) is 0 Å². The van der Waals surface area contributed by atoms with E-state index in [0.717, 1.165) is 43.1 Å². The number of aliphatic hydroxyl groups excluding tert-OH is 1. The van der Waals surface area contributed by atoms with Crippen molar-refractivity contribution in [3.63, 3.8) is 0 Å². The number of fused-ring (bicyclic) bond motifs is 6. The molecule has 25 heavy (non-hydrogen) atoms. The molecule has 4 saturated carbocycles. The monoisotopic (exact) mass is 348 g/mol. The molecule has 0 aromatic rings. The Bertz CT molecular complexity index is 552. The van der Waals surface area contributed by atoms with Gasteiger partial charge < -0.3 is 14.7 Å². The molecule has 3 heteroatoms. The Balaban J connectivity index is 1.46. The summed E-state index contributed by atoms with van der Waals surface area (Å²) in [5.41, 5.74) is 0.990. The maximum absolute atomic E-state index is 10.2. The van der Waals surface area contributed by atoms with Crippen molar-refractivity contribution in [1.82, 2.24) is 0 Å². The zero-order valence-corrected chi connectivity index (χ0v) is 16.5. The van der Waals surface area contributed by atoms with E-state index in [2.05, 4.69) is 20.9 Å². The molecule has 0 aromatic carbocycles. The molecule has 0 radical (unpaired) electrons. The standard InChI is InChI=1S/C22H37NO2/c1-20-9-6-16(24)14-15(20)4-5-17-18(20)7-10-21(2)19(17)8-11-22(21)23(3)12-13-25-22/h15-19,24H,4-14H2,1-3H3/p+1/t15-,16-,17+,18-,19+,20-,21-,22-/m0/s1. The minimum absolute atomic E-state index is 0.0256. The Morgan fingerprint density at radius 2 is 1.76 bits per heavy atom. The van der Waals surface area contributed by atoms with Crippen molar-refractivity contribution in [2.24, 2.45) is 34.5 Å². The molecule has 3 nitrogen and oxygen atoms in total. The molecular formula is C22H38NO2+. The molecule has 5 aliphatic rings. The first-order valence-corrected chi connectivity index (χ1v) is 11.1. The molecule has 1 heterocycles. The Labute approximate surface area is 153 Å². The lowest BCUT2D eigenvalue weighted by Gasteiger charge is -2.61. The number of quaternary nitrogens is 1. The number of hydrogen-bond acceptors (Lipinski definition) is 2. The summed E-state index contributed by atoms with van der Waals surface area (Å²) in [5.74, 6) is 3.44. The van der Waals surface area contributed by atoms with Gasteiger partial charge in [-0.25, -0.2) is 0 Å². The van der Waals surface area contributed by atoms with Gasteiger partial charge in [-0.2, -0.15) is 0 Å². The average Bonchev–Trinajstić information content (AvgIpc) is 3.10. The van der Waals surface area contributed by atoms with Crippen LogP contribution < -0.4 is 4.90 Å². The second kappa shape index (κ2) is 5.45. The quantitative estimate of drug-likeness (QED) is 0.706. The van der Waals surface area contributed by atoms with Gasteiger partial charge in [0.2, 0.25) is 5.72 Å². The molecule has 2 N–H and O–H groups in total. The van der Waals surface area contributed by atoms with E-state index >= 15 is 0 Å². The van der Waals surface area contributed by atoms with Gasteiger partial charge >= 0.3 is 0 Å². The van der Waals surface area contributed by atoms with Crippen molar-refractivity contribution in [2.45, 2.75) is 83.5 Å². The first kappa shape index (κ1) is 17.0. The molecule has 0 amide bonds. The average molecular weight is 349 g/mol. The highest BCUT2D eigenvalue weighted by molar-refractivity contribution is 5.12. The molecule has 1 aliphatic heterocycles. The fourth-order valence-corrected chi connectivity index (χ4v) is 8.88. The molecule has 1 unspecified atom stereocenters. The molecule has 4 aliphatic carbocycles. The van der Waals surface area contributed by atoms with Crippen LogP contribution in [-0.2, 0) is 4.74 Å². The third-order valence-corrected chi connectivity index (χ3v) is 10.3. The lowest BCUT2D eigenvalue weighted by Crippen LogP contribution is -3.17. The van der Waals surface area contributed by atoms with Gasteiger partial charge in [-0.05, 0) is 80.5 Å². The van der Waals surface area contributed by atoms with Gasteiger partial charge in [0.15, 0.2) is 0 Å². The molecule has 9 atom stereocenters. The molecule has 5 fully saturated rings. The first-order chi connectivity index (χ1) is 11.9. The molecule has 1 saturated heterocycles. The number of aliphatic hydroxyl groups is 1. The van der Waals surface area contributed by atoms with Crippen molar-refractivity contribution in [2.75, 3.05) is 20.2 Å². The maximum atomic E-state index is 10.2. The highest BCUT2D eigenvalue weighted by atomic mass is 16.5. The largest absolute Gasteiger partial charge is 0.393 e. The van der Waals surface area contributed by atoms with E-state index < -0.39 is 0 Å². The zero-order valence-electron chi connectivity index (χ0n) is 16.5. The van der Waals surface area contributed by atoms with E-state index in [0.29, 0.717) is 10.8 Å². The Morgan fingerprint density at radius 1 is 0.960 bits per heavy atom. The Hall–Kier alpha value is -0.120. The van der Waals surface area contributed by atoms with Crippen LogP contribution in [0, 0.1) is 34.5 Å². The number of ether oxygens (including phenoxy) is 1. The topological polar surface area (TPSA) is 33.9 Å². The fraction of sp³-hybridized carbons (Fsp3) is 1.00. The summed E-state index contributed by atoms with van der Waals surface area (Å²) in [5, 5.41) is 10.2. The molecular weight excluding hydrogens is 310 g/mol. The van der Waals surface area contributed by atoms with Crippen LogP contribution in [-0.4, -0.2) is 37.1 Å². The van der Waals surface area contributed by atoms with Crippen molar-refractivity contribution in [3.8, 4) is 0 Å². The predicted octanol–water partition coefficient (Wildman–Crippen LogP) is 2.63. The van der Waals surface area contributed by atoms with Crippen LogP contribution in [0.25, 0.3) is 0 Å². The van der Waals surface area contributed by atoms with Crippen LogP contribution in [0.3, 0.4) is 0 Å². The van der Waals surface area contributed by atoms with E-state index in [1.165, 1.54) is 51.5 Å². The highest BCUT2D eigenvalue weighted by Gasteiger charge is 2.70. The normalized spacial score (nSPS) is 61.0. The second-order valence-electron chi connectivity index (χ2n) is 10.8. The van der Waals surface area contributed by atoms with Crippen molar-refractivity contribution < 1.29 is 14.7 Å². The van der Waals surface area contributed by atoms with Crippen molar-refractivity contribution >= 4 is 0 Å². The van der Waals surface area contributed by atoms with Gasteiger partial charge in [-0.15, -0.1) is 0 Å². The second-order valence-corrected chi connectivity index (χ2v) is 10.8. The highest BCUT2D eigenvalue weighted by Crippen LogP contribution is 2.68. The maximum Gasteiger partial charge on any atom is 0.207 e. The van der Waals surface area contributed by atoms with E-state index in [9.17, 15) is 5.11 Å². The minimum Gasteiger partial charge on any atom is -0.393 e. The molecule has 0 bridgehead atoms. The zero-order chi connectivity index (χ0) is 17.4. The molecule has 0 aromatic heterocycles. The van der Waals surface area contributed by atoms with Crippen LogP contribution in [0.15, 0.2) is 0 Å². The molecule has 1 spiro atoms. The first-order valence-electron chi connectivity index (χ1n) is 11.1. The molecule has 5 rings (SSSR count). The lowest BCUT2D eigenvalue weighted by molar-refractivity contribution is -0.946. The van der Waals surface area contributed by atoms with Gasteiger partial charge in [-0.3, -0.25) is 0 Å². The van der Waals surface area contributed by atoms with Crippen LogP contribution in [0.1, 0.15) is 71.6 Å². The number of hydrogen-bond donors (Lipinski definition) is 2. The van der Waals surface area contributed by atoms with Crippen LogP contribution >= 0.6 is 0 Å². The van der Waals surface area contributed by atoms with E-state index in [1.54, 1.807) is 4.90 Å².